The fourth-order valence-corrected chi connectivity index (χ4v) is 2.98. The van der Waals surface area contributed by atoms with E-state index >= 15 is 0 Å². The number of carbonyl (C=O) groups is 1. The number of hydrogen-bond acceptors (Lipinski definition) is 4. The van der Waals surface area contributed by atoms with E-state index in [1.54, 1.807) is 18.3 Å². The van der Waals surface area contributed by atoms with Crippen molar-refractivity contribution in [2.24, 2.45) is 0 Å². The summed E-state index contributed by atoms with van der Waals surface area (Å²) in [5, 5.41) is 9.05. The maximum Gasteiger partial charge on any atom is 0.407 e. The van der Waals surface area contributed by atoms with E-state index < -0.39 is 11.9 Å². The summed E-state index contributed by atoms with van der Waals surface area (Å²) >= 11 is 0. The molecule has 3 rings (SSSR count). The molecule has 2 heterocycles. The first-order valence-corrected chi connectivity index (χ1v) is 8.02. The second-order valence-corrected chi connectivity index (χ2v) is 5.84. The summed E-state index contributed by atoms with van der Waals surface area (Å²) in [6.45, 7) is 0.927. The summed E-state index contributed by atoms with van der Waals surface area (Å²) in [5.41, 5.74) is 0.864. The van der Waals surface area contributed by atoms with Crippen LogP contribution in [0.1, 0.15) is 24.3 Å². The van der Waals surface area contributed by atoms with Gasteiger partial charge in [-0.25, -0.2) is 14.2 Å². The molecule has 25 heavy (non-hydrogen) atoms. The third kappa shape index (κ3) is 3.81. The Labute approximate surface area is 144 Å². The lowest BCUT2D eigenvalue weighted by Gasteiger charge is -2.30. The van der Waals surface area contributed by atoms with Gasteiger partial charge in [-0.05, 0) is 37.0 Å². The van der Waals surface area contributed by atoms with Gasteiger partial charge in [0.25, 0.3) is 0 Å². The van der Waals surface area contributed by atoms with Gasteiger partial charge < -0.3 is 19.5 Å². The number of ether oxygens (including phenoxy) is 2. The Hall–Kier alpha value is -2.83. The molecule has 0 aliphatic carbocycles. The zero-order chi connectivity index (χ0) is 17.8. The second kappa shape index (κ2) is 7.38. The Morgan fingerprint density at radius 2 is 2.08 bits per heavy atom. The third-order valence-electron chi connectivity index (χ3n) is 4.35. The molecule has 1 fully saturated rings. The summed E-state index contributed by atoms with van der Waals surface area (Å²) in [4.78, 5) is 16.7. The van der Waals surface area contributed by atoms with E-state index in [1.807, 2.05) is 6.07 Å². The van der Waals surface area contributed by atoms with Gasteiger partial charge in [0, 0.05) is 30.9 Å². The van der Waals surface area contributed by atoms with Crippen LogP contribution in [0.15, 0.2) is 36.5 Å². The number of pyridine rings is 1. The zero-order valence-corrected chi connectivity index (χ0v) is 13.8. The Bertz CT molecular complexity index is 760. The van der Waals surface area contributed by atoms with Crippen molar-refractivity contribution in [2.45, 2.75) is 18.8 Å². The number of likely N-dealkylation sites (tertiary alicyclic amines) is 1. The van der Waals surface area contributed by atoms with Crippen LogP contribution in [0, 0.1) is 5.82 Å². The number of hydrogen-bond donors (Lipinski definition) is 1. The lowest BCUT2D eigenvalue weighted by atomic mass is 9.90. The number of aromatic nitrogens is 1. The standard InChI is InChI=1S/C18H19FN2O4/c1-24-13-4-5-16(15(19)11-13)25-17-14(3-2-8-20-17)12-6-9-21(10-7-12)18(22)23/h2-5,8,11-12H,6-7,9-10H2,1H3,(H,22,23). The van der Waals surface area contributed by atoms with Crippen molar-refractivity contribution in [3.63, 3.8) is 0 Å². The fourth-order valence-electron chi connectivity index (χ4n) is 2.98. The van der Waals surface area contributed by atoms with Crippen LogP contribution in [0.4, 0.5) is 9.18 Å². The normalized spacial score (nSPS) is 15.0. The summed E-state index contributed by atoms with van der Waals surface area (Å²) in [7, 11) is 1.47. The van der Waals surface area contributed by atoms with Crippen LogP contribution in [-0.2, 0) is 0 Å². The number of halogens is 1. The topological polar surface area (TPSA) is 71.9 Å². The number of amides is 1. The number of rotatable bonds is 4. The first-order chi connectivity index (χ1) is 12.1. The van der Waals surface area contributed by atoms with Crippen LogP contribution >= 0.6 is 0 Å². The molecule has 0 spiro atoms. The van der Waals surface area contributed by atoms with Gasteiger partial charge in [0.05, 0.1) is 7.11 Å². The Kier molecular flexibility index (Phi) is 5.02. The molecule has 0 radical (unpaired) electrons. The van der Waals surface area contributed by atoms with Crippen molar-refractivity contribution in [3.8, 4) is 17.4 Å². The molecular formula is C18H19FN2O4. The van der Waals surface area contributed by atoms with Gasteiger partial charge in [-0.15, -0.1) is 0 Å². The number of carboxylic acid groups (broad SMARTS) is 1. The molecule has 1 N–H and O–H groups in total. The minimum absolute atomic E-state index is 0.0729. The quantitative estimate of drug-likeness (QED) is 0.910. The molecule has 0 saturated carbocycles. The minimum Gasteiger partial charge on any atom is -0.497 e. The molecule has 1 aromatic heterocycles. The summed E-state index contributed by atoms with van der Waals surface area (Å²) in [6.07, 6.45) is 2.05. The molecule has 0 unspecified atom stereocenters. The number of nitrogens with zero attached hydrogens (tertiary/aromatic N) is 2. The largest absolute Gasteiger partial charge is 0.497 e. The summed E-state index contributed by atoms with van der Waals surface area (Å²) in [6, 6.07) is 8.07. The van der Waals surface area contributed by atoms with Crippen LogP contribution in [0.2, 0.25) is 0 Å². The predicted octanol–water partition coefficient (Wildman–Crippen LogP) is 3.88. The SMILES string of the molecule is COc1ccc(Oc2ncccc2C2CCN(C(=O)O)CC2)c(F)c1. The lowest BCUT2D eigenvalue weighted by Crippen LogP contribution is -2.36. The second-order valence-electron chi connectivity index (χ2n) is 5.84. The molecular weight excluding hydrogens is 327 g/mol. The fraction of sp³-hybridized carbons (Fsp3) is 0.333. The molecule has 7 heteroatoms. The van der Waals surface area contributed by atoms with Gasteiger partial charge in [-0.1, -0.05) is 6.07 Å². The Balaban J connectivity index is 1.79. The lowest BCUT2D eigenvalue weighted by molar-refractivity contribution is 0.132. The van der Waals surface area contributed by atoms with Gasteiger partial charge in [0.15, 0.2) is 11.6 Å². The van der Waals surface area contributed by atoms with E-state index in [2.05, 4.69) is 4.98 Å². The van der Waals surface area contributed by atoms with Crippen LogP contribution < -0.4 is 9.47 Å². The van der Waals surface area contributed by atoms with Gasteiger partial charge in [-0.3, -0.25) is 0 Å². The highest BCUT2D eigenvalue weighted by Crippen LogP contribution is 2.36. The first-order valence-electron chi connectivity index (χ1n) is 8.02. The van der Waals surface area contributed by atoms with Crippen molar-refractivity contribution in [1.82, 2.24) is 9.88 Å². The molecule has 1 aliphatic heterocycles. The molecule has 6 nitrogen and oxygen atoms in total. The maximum atomic E-state index is 14.1. The summed E-state index contributed by atoms with van der Waals surface area (Å²) in [5.74, 6) is 0.424. The molecule has 132 valence electrons. The molecule has 2 aromatic rings. The number of piperidine rings is 1. The Morgan fingerprint density at radius 3 is 2.72 bits per heavy atom. The molecule has 1 aliphatic rings. The number of benzene rings is 1. The molecule has 1 saturated heterocycles. The van der Waals surface area contributed by atoms with Crippen molar-refractivity contribution in [3.05, 3.63) is 47.9 Å². The van der Waals surface area contributed by atoms with E-state index in [4.69, 9.17) is 14.6 Å². The van der Waals surface area contributed by atoms with Crippen molar-refractivity contribution < 1.29 is 23.8 Å². The minimum atomic E-state index is -0.901. The molecule has 1 aromatic carbocycles. The average molecular weight is 346 g/mol. The van der Waals surface area contributed by atoms with Gasteiger partial charge in [-0.2, -0.15) is 0 Å². The van der Waals surface area contributed by atoms with Crippen LogP contribution in [0.5, 0.6) is 17.4 Å². The van der Waals surface area contributed by atoms with Crippen molar-refractivity contribution in [2.75, 3.05) is 20.2 Å². The van der Waals surface area contributed by atoms with Crippen molar-refractivity contribution in [1.29, 1.82) is 0 Å². The van der Waals surface area contributed by atoms with E-state index in [0.29, 0.717) is 37.6 Å². The highest BCUT2D eigenvalue weighted by atomic mass is 19.1. The third-order valence-corrected chi connectivity index (χ3v) is 4.35. The van der Waals surface area contributed by atoms with E-state index in [1.165, 1.54) is 24.1 Å². The van der Waals surface area contributed by atoms with Crippen LogP contribution in [0.25, 0.3) is 0 Å². The molecule has 1 amide bonds. The average Bonchev–Trinajstić information content (AvgIpc) is 2.64. The molecule has 0 bridgehead atoms. The van der Waals surface area contributed by atoms with Crippen molar-refractivity contribution >= 4 is 6.09 Å². The number of methoxy groups -OCH3 is 1. The highest BCUT2D eigenvalue weighted by molar-refractivity contribution is 5.65. The predicted molar refractivity (Wildman–Crippen MR) is 88.8 cm³/mol. The Morgan fingerprint density at radius 1 is 1.32 bits per heavy atom. The van der Waals surface area contributed by atoms with Crippen LogP contribution in [-0.4, -0.2) is 41.3 Å². The highest BCUT2D eigenvalue weighted by Gasteiger charge is 2.26. The van der Waals surface area contributed by atoms with E-state index in [-0.39, 0.29) is 11.7 Å². The van der Waals surface area contributed by atoms with Gasteiger partial charge in [0.1, 0.15) is 5.75 Å². The zero-order valence-electron chi connectivity index (χ0n) is 13.8. The van der Waals surface area contributed by atoms with Crippen LogP contribution in [0.3, 0.4) is 0 Å². The van der Waals surface area contributed by atoms with Gasteiger partial charge in [0.2, 0.25) is 5.88 Å². The summed E-state index contributed by atoms with van der Waals surface area (Å²) < 4.78 is 24.8. The maximum absolute atomic E-state index is 14.1. The smallest absolute Gasteiger partial charge is 0.407 e. The molecule has 0 atom stereocenters. The monoisotopic (exact) mass is 346 g/mol. The van der Waals surface area contributed by atoms with E-state index in [0.717, 1.165) is 5.56 Å². The first kappa shape index (κ1) is 17.0. The van der Waals surface area contributed by atoms with E-state index in [9.17, 15) is 9.18 Å². The van der Waals surface area contributed by atoms with Gasteiger partial charge >= 0.3 is 6.09 Å².